The largest absolute Gasteiger partial charge is 0.415 e. The molecule has 0 aliphatic carbocycles. The lowest BCUT2D eigenvalue weighted by atomic mass is 9.95. The van der Waals surface area contributed by atoms with Gasteiger partial charge >= 0.3 is 0 Å². The topological polar surface area (TPSA) is 127 Å². The number of aromatic nitrogens is 3. The number of alkyl halides is 1. The number of carbonyl (C=O) groups excluding carboxylic acids is 1. The van der Waals surface area contributed by atoms with Crippen molar-refractivity contribution in [3.05, 3.63) is 72.9 Å². The van der Waals surface area contributed by atoms with E-state index < -0.39 is 15.4 Å². The van der Waals surface area contributed by atoms with Crippen LogP contribution in [0.4, 0.5) is 11.4 Å². The van der Waals surface area contributed by atoms with Gasteiger partial charge in [-0.15, -0.1) is 21.8 Å². The van der Waals surface area contributed by atoms with E-state index in [1.165, 1.54) is 18.2 Å². The molecule has 35 heavy (non-hydrogen) atoms. The molecule has 4 rings (SSSR count). The third-order valence-electron chi connectivity index (χ3n) is 5.02. The highest BCUT2D eigenvalue weighted by Gasteiger charge is 2.26. The van der Waals surface area contributed by atoms with Crippen LogP contribution in [-0.2, 0) is 14.8 Å². The highest BCUT2D eigenvalue weighted by atomic mass is 35.5. The Bertz CT molecular complexity index is 1460. The SMILES string of the molecule is CC(C)(CCl)C(=O)Nc1cccc(NS(=O)(=O)c2cccc(-c3nnc(-c4ccccn4)o3)c2)c1. The average Bonchev–Trinajstić information content (AvgIpc) is 3.35. The molecule has 0 bridgehead atoms. The number of anilines is 2. The van der Waals surface area contributed by atoms with Crippen LogP contribution in [0.3, 0.4) is 0 Å². The minimum Gasteiger partial charge on any atom is -0.415 e. The number of rotatable bonds is 8. The van der Waals surface area contributed by atoms with Gasteiger partial charge in [-0.05, 0) is 62.4 Å². The first-order chi connectivity index (χ1) is 16.7. The molecule has 0 fully saturated rings. The van der Waals surface area contributed by atoms with E-state index in [0.29, 0.717) is 16.9 Å². The Morgan fingerprint density at radius 2 is 1.71 bits per heavy atom. The zero-order chi connectivity index (χ0) is 25.1. The number of sulfonamides is 1. The fourth-order valence-electron chi connectivity index (χ4n) is 2.96. The summed E-state index contributed by atoms with van der Waals surface area (Å²) in [6.07, 6.45) is 1.61. The Labute approximate surface area is 207 Å². The third kappa shape index (κ3) is 5.67. The van der Waals surface area contributed by atoms with Gasteiger partial charge in [-0.25, -0.2) is 8.42 Å². The molecule has 0 spiro atoms. The summed E-state index contributed by atoms with van der Waals surface area (Å²) in [6.45, 7) is 3.44. The molecular weight excluding hydrogens is 490 g/mol. The Balaban J connectivity index is 1.54. The molecule has 2 aromatic heterocycles. The van der Waals surface area contributed by atoms with Crippen LogP contribution in [0.25, 0.3) is 23.0 Å². The first kappa shape index (κ1) is 24.4. The van der Waals surface area contributed by atoms with Gasteiger partial charge in [0.15, 0.2) is 0 Å². The van der Waals surface area contributed by atoms with Crippen molar-refractivity contribution in [3.8, 4) is 23.0 Å². The summed E-state index contributed by atoms with van der Waals surface area (Å²) >= 11 is 5.86. The predicted molar refractivity (Wildman–Crippen MR) is 133 cm³/mol. The number of hydrogen-bond donors (Lipinski definition) is 2. The quantitative estimate of drug-likeness (QED) is 0.325. The fraction of sp³-hybridized carbons (Fsp3) is 0.167. The van der Waals surface area contributed by atoms with E-state index in [-0.39, 0.29) is 34.2 Å². The van der Waals surface area contributed by atoms with Gasteiger partial charge in [-0.3, -0.25) is 14.5 Å². The number of pyridine rings is 1. The minimum absolute atomic E-state index is 0.00491. The smallest absolute Gasteiger partial charge is 0.266 e. The van der Waals surface area contributed by atoms with Gasteiger partial charge in [0.05, 0.1) is 16.0 Å². The van der Waals surface area contributed by atoms with Crippen LogP contribution in [0.5, 0.6) is 0 Å². The molecule has 4 aromatic rings. The molecule has 2 aromatic carbocycles. The normalized spacial score (nSPS) is 11.7. The second-order valence-corrected chi connectivity index (χ2v) is 10.3. The lowest BCUT2D eigenvalue weighted by Gasteiger charge is -2.20. The van der Waals surface area contributed by atoms with Crippen molar-refractivity contribution >= 4 is 38.9 Å². The van der Waals surface area contributed by atoms with Gasteiger partial charge in [0.2, 0.25) is 11.8 Å². The molecule has 9 nitrogen and oxygen atoms in total. The summed E-state index contributed by atoms with van der Waals surface area (Å²) in [6, 6.07) is 17.9. The van der Waals surface area contributed by atoms with Crippen molar-refractivity contribution in [2.75, 3.05) is 15.9 Å². The van der Waals surface area contributed by atoms with E-state index >= 15 is 0 Å². The molecule has 2 N–H and O–H groups in total. The Morgan fingerprint density at radius 1 is 0.971 bits per heavy atom. The number of nitrogens with one attached hydrogen (secondary N) is 2. The average molecular weight is 512 g/mol. The van der Waals surface area contributed by atoms with Crippen molar-refractivity contribution in [1.29, 1.82) is 0 Å². The van der Waals surface area contributed by atoms with Gasteiger partial charge < -0.3 is 9.73 Å². The van der Waals surface area contributed by atoms with Gasteiger partial charge in [-0.2, -0.15) is 0 Å². The van der Waals surface area contributed by atoms with Crippen molar-refractivity contribution in [3.63, 3.8) is 0 Å². The van der Waals surface area contributed by atoms with Gasteiger partial charge in [0, 0.05) is 23.3 Å². The summed E-state index contributed by atoms with van der Waals surface area (Å²) in [5.41, 5.74) is 0.898. The number of hydrogen-bond acceptors (Lipinski definition) is 7. The van der Waals surface area contributed by atoms with E-state index in [0.717, 1.165) is 0 Å². The lowest BCUT2D eigenvalue weighted by molar-refractivity contribution is -0.122. The summed E-state index contributed by atoms with van der Waals surface area (Å²) < 4.78 is 34.3. The van der Waals surface area contributed by atoms with E-state index in [4.69, 9.17) is 16.0 Å². The number of carbonyl (C=O) groups is 1. The molecule has 180 valence electrons. The molecule has 0 radical (unpaired) electrons. The maximum atomic E-state index is 13.1. The number of amides is 1. The van der Waals surface area contributed by atoms with E-state index in [1.54, 1.807) is 68.6 Å². The lowest BCUT2D eigenvalue weighted by Crippen LogP contribution is -2.32. The van der Waals surface area contributed by atoms with Crippen LogP contribution in [0.1, 0.15) is 13.8 Å². The summed E-state index contributed by atoms with van der Waals surface area (Å²) in [4.78, 5) is 16.6. The Hall–Kier alpha value is -3.76. The van der Waals surface area contributed by atoms with Crippen LogP contribution in [0.15, 0.2) is 82.2 Å². The zero-order valence-corrected chi connectivity index (χ0v) is 20.5. The number of nitrogens with zero attached hydrogens (tertiary/aromatic N) is 3. The van der Waals surface area contributed by atoms with E-state index in [1.807, 2.05) is 0 Å². The van der Waals surface area contributed by atoms with Crippen molar-refractivity contribution < 1.29 is 17.6 Å². The fourth-order valence-corrected chi connectivity index (χ4v) is 4.18. The first-order valence-electron chi connectivity index (χ1n) is 10.5. The molecule has 0 aliphatic rings. The molecule has 1 amide bonds. The maximum absolute atomic E-state index is 13.1. The molecule has 0 unspecified atom stereocenters. The molecular formula is C24H22ClN5O4S. The predicted octanol–water partition coefficient (Wildman–Crippen LogP) is 4.80. The van der Waals surface area contributed by atoms with Gasteiger partial charge in [0.25, 0.3) is 15.9 Å². The van der Waals surface area contributed by atoms with Gasteiger partial charge in [-0.1, -0.05) is 18.2 Å². The highest BCUT2D eigenvalue weighted by Crippen LogP contribution is 2.27. The van der Waals surface area contributed by atoms with Crippen molar-refractivity contribution in [2.24, 2.45) is 5.41 Å². The molecule has 0 aliphatic heterocycles. The highest BCUT2D eigenvalue weighted by molar-refractivity contribution is 7.92. The van der Waals surface area contributed by atoms with Crippen LogP contribution in [0, 0.1) is 5.41 Å². The number of halogens is 1. The van der Waals surface area contributed by atoms with Crippen LogP contribution in [-0.4, -0.2) is 35.4 Å². The maximum Gasteiger partial charge on any atom is 0.266 e. The third-order valence-corrected chi connectivity index (χ3v) is 7.07. The minimum atomic E-state index is -3.95. The van der Waals surface area contributed by atoms with Crippen LogP contribution < -0.4 is 10.0 Å². The second kappa shape index (κ2) is 9.85. The monoisotopic (exact) mass is 511 g/mol. The summed E-state index contributed by atoms with van der Waals surface area (Å²) in [5, 5.41) is 10.8. The molecule has 0 atom stereocenters. The molecule has 11 heteroatoms. The molecule has 0 saturated heterocycles. The first-order valence-corrected chi connectivity index (χ1v) is 12.6. The number of benzene rings is 2. The van der Waals surface area contributed by atoms with Gasteiger partial charge in [0.1, 0.15) is 5.69 Å². The standard InChI is InChI=1S/C24H22ClN5O4S/c1-24(2,15-25)23(31)27-17-8-6-9-18(14-17)30-35(32,33)19-10-5-7-16(13-19)21-28-29-22(34-21)20-11-3-4-12-26-20/h3-14,30H,15H2,1-2H3,(H,27,31). The Morgan fingerprint density at radius 3 is 2.46 bits per heavy atom. The van der Waals surface area contributed by atoms with E-state index in [9.17, 15) is 13.2 Å². The van der Waals surface area contributed by atoms with Crippen LogP contribution >= 0.6 is 11.6 Å². The second-order valence-electron chi connectivity index (χ2n) is 8.31. The van der Waals surface area contributed by atoms with Crippen molar-refractivity contribution in [2.45, 2.75) is 18.7 Å². The van der Waals surface area contributed by atoms with Crippen molar-refractivity contribution in [1.82, 2.24) is 15.2 Å². The van der Waals surface area contributed by atoms with E-state index in [2.05, 4.69) is 25.2 Å². The van der Waals surface area contributed by atoms with Crippen LogP contribution in [0.2, 0.25) is 0 Å². The zero-order valence-electron chi connectivity index (χ0n) is 18.9. The molecule has 0 saturated carbocycles. The summed E-state index contributed by atoms with van der Waals surface area (Å²) in [7, 11) is -3.95. The summed E-state index contributed by atoms with van der Waals surface area (Å²) in [5.74, 6) is 0.257. The Kier molecular flexibility index (Phi) is 6.86. The molecule has 2 heterocycles.